The summed E-state index contributed by atoms with van der Waals surface area (Å²) in [6.07, 6.45) is -16.5. The minimum Gasteiger partial charge on any atom is -0.756 e. The van der Waals surface area contributed by atoms with E-state index in [1.807, 2.05) is 0 Å². The van der Waals surface area contributed by atoms with Crippen LogP contribution in [0.5, 0.6) is 0 Å². The Morgan fingerprint density at radius 1 is 1.00 bits per heavy atom. The van der Waals surface area contributed by atoms with E-state index in [4.69, 9.17) is 20.3 Å². The minimum absolute atomic E-state index is 0.0160. The van der Waals surface area contributed by atoms with E-state index in [1.54, 1.807) is 0 Å². The van der Waals surface area contributed by atoms with Crippen LogP contribution in [-0.2, 0) is 32.0 Å². The number of phosphoric acid groups is 2. The van der Waals surface area contributed by atoms with Gasteiger partial charge in [-0.2, -0.15) is 0 Å². The second-order valence-electron chi connectivity index (χ2n) is 8.70. The van der Waals surface area contributed by atoms with Crippen molar-refractivity contribution in [3.63, 3.8) is 0 Å². The van der Waals surface area contributed by atoms with Gasteiger partial charge in [0.25, 0.3) is 15.6 Å². The van der Waals surface area contributed by atoms with Crippen molar-refractivity contribution in [3.8, 4) is 0 Å². The van der Waals surface area contributed by atoms with E-state index in [2.05, 4.69) is 28.3 Å². The number of phosphoric ester groups is 2. The molecule has 4 rings (SSSR count). The van der Waals surface area contributed by atoms with Gasteiger partial charge >= 0.3 is 0 Å². The van der Waals surface area contributed by atoms with Crippen LogP contribution < -0.4 is 15.5 Å². The third-order valence-electron chi connectivity index (χ3n) is 6.00. The SMILES string of the molecule is Nc1ncnc2c1ncn2[C@@H]1O[C@H](COP(=O)([O-])OP(=O)([O-])O[C@@H]2O[C@H]([C@H](O)CO)[C@@H](O)[C@H](O)[C@@H]2O)[C@@H](O)[C@H]1O. The number of nitrogen functional groups attached to an aromatic ring is 1. The van der Waals surface area contributed by atoms with Gasteiger partial charge in [-0.25, -0.2) is 19.3 Å². The van der Waals surface area contributed by atoms with E-state index < -0.39 is 90.2 Å². The molecule has 2 saturated heterocycles. The van der Waals surface area contributed by atoms with Gasteiger partial charge in [-0.3, -0.25) is 18.2 Å². The maximum Gasteiger partial charge on any atom is 0.276 e. The standard InChI is InChI=1S/C17H27N5O16P2/c18-14-7-15(20-3-19-14)22(4-21-7)16-11(28)8(25)6(35-16)2-34-39(30,31)38-40(32,33)37-17-12(29)9(26)10(27)13(36-17)5(24)1-23/h3-6,8-13,16-17,23-29H,1-2H2,(H,30,31)(H,32,33)(H2,18,19,20)/p-2/t5-,6-,8-,9+,10+,11-,12+,13-,16-,17+/m1/s1. The molecule has 0 aromatic carbocycles. The third kappa shape index (κ3) is 6.35. The van der Waals surface area contributed by atoms with E-state index in [0.29, 0.717) is 0 Å². The monoisotopic (exact) mass is 617 g/mol. The molecule has 2 aliphatic rings. The summed E-state index contributed by atoms with van der Waals surface area (Å²) in [4.78, 5) is 36.1. The molecule has 40 heavy (non-hydrogen) atoms. The number of nitrogens with zero attached hydrogens (tertiary/aromatic N) is 4. The lowest BCUT2D eigenvalue weighted by atomic mass is 9.96. The predicted octanol–water partition coefficient (Wildman–Crippen LogP) is -5.82. The minimum atomic E-state index is -5.97. The zero-order valence-electron chi connectivity index (χ0n) is 19.9. The molecule has 0 amide bonds. The van der Waals surface area contributed by atoms with Gasteiger partial charge in [0.05, 0.1) is 19.5 Å². The molecular weight excluding hydrogens is 592 g/mol. The Kier molecular flexibility index (Phi) is 9.25. The molecule has 2 unspecified atom stereocenters. The highest BCUT2D eigenvalue weighted by Crippen LogP contribution is 2.57. The largest absolute Gasteiger partial charge is 0.756 e. The van der Waals surface area contributed by atoms with Crippen molar-refractivity contribution in [1.29, 1.82) is 0 Å². The van der Waals surface area contributed by atoms with Gasteiger partial charge in [-0.15, -0.1) is 0 Å². The lowest BCUT2D eigenvalue weighted by Gasteiger charge is -2.43. The van der Waals surface area contributed by atoms with Crippen molar-refractivity contribution in [2.75, 3.05) is 18.9 Å². The van der Waals surface area contributed by atoms with Gasteiger partial charge in [-0.05, 0) is 0 Å². The molecule has 23 heteroatoms. The summed E-state index contributed by atoms with van der Waals surface area (Å²) in [7, 11) is -11.8. The molecule has 0 saturated carbocycles. The first kappa shape index (κ1) is 31.2. The summed E-state index contributed by atoms with van der Waals surface area (Å²) in [5.74, 6) is 0.0160. The summed E-state index contributed by atoms with van der Waals surface area (Å²) < 4.78 is 48.6. The summed E-state index contributed by atoms with van der Waals surface area (Å²) in [5.41, 5.74) is 5.98. The number of nitrogens with two attached hydrogens (primary N) is 1. The Morgan fingerprint density at radius 3 is 2.38 bits per heavy atom. The maximum atomic E-state index is 12.2. The molecule has 226 valence electrons. The van der Waals surface area contributed by atoms with Crippen LogP contribution in [0, 0.1) is 0 Å². The molecule has 2 fully saturated rings. The van der Waals surface area contributed by atoms with E-state index in [9.17, 15) is 49.6 Å². The van der Waals surface area contributed by atoms with E-state index >= 15 is 0 Å². The van der Waals surface area contributed by atoms with Crippen LogP contribution in [0.2, 0.25) is 0 Å². The van der Waals surface area contributed by atoms with Crippen molar-refractivity contribution in [2.45, 2.75) is 61.3 Å². The average molecular weight is 617 g/mol. The number of aliphatic hydroxyl groups is 7. The van der Waals surface area contributed by atoms with Crippen molar-refractivity contribution in [1.82, 2.24) is 19.5 Å². The summed E-state index contributed by atoms with van der Waals surface area (Å²) in [5, 5.41) is 69.1. The predicted molar refractivity (Wildman–Crippen MR) is 119 cm³/mol. The number of rotatable bonds is 10. The topological polar surface area (TPSA) is 338 Å². The molecule has 0 spiro atoms. The van der Waals surface area contributed by atoms with Gasteiger partial charge in [0.1, 0.15) is 60.7 Å². The van der Waals surface area contributed by atoms with Crippen molar-refractivity contribution >= 4 is 32.6 Å². The summed E-state index contributed by atoms with van der Waals surface area (Å²) in [6, 6.07) is 0. The van der Waals surface area contributed by atoms with E-state index in [-0.39, 0.29) is 17.0 Å². The first-order chi connectivity index (χ1) is 18.7. The summed E-state index contributed by atoms with van der Waals surface area (Å²) in [6.45, 7) is -2.06. The Bertz CT molecular complexity index is 1290. The first-order valence-electron chi connectivity index (χ1n) is 11.3. The molecule has 21 nitrogen and oxygen atoms in total. The third-order valence-corrected chi connectivity index (χ3v) is 8.53. The fourth-order valence-electron chi connectivity index (χ4n) is 3.99. The second kappa shape index (κ2) is 11.9. The van der Waals surface area contributed by atoms with Crippen LogP contribution in [0.15, 0.2) is 12.7 Å². The number of aliphatic hydroxyl groups excluding tert-OH is 7. The molecule has 12 atom stereocenters. The van der Waals surface area contributed by atoms with Crippen LogP contribution in [0.3, 0.4) is 0 Å². The molecule has 2 aromatic rings. The van der Waals surface area contributed by atoms with Gasteiger partial charge in [-0.1, -0.05) is 0 Å². The van der Waals surface area contributed by atoms with Crippen LogP contribution in [0.25, 0.3) is 11.2 Å². The highest BCUT2D eigenvalue weighted by Gasteiger charge is 2.48. The van der Waals surface area contributed by atoms with Crippen LogP contribution >= 0.6 is 15.6 Å². The van der Waals surface area contributed by atoms with E-state index in [1.165, 1.54) is 10.9 Å². The smallest absolute Gasteiger partial charge is 0.276 e. The normalized spacial score (nSPS) is 36.8. The van der Waals surface area contributed by atoms with Gasteiger partial charge < -0.3 is 65.3 Å². The lowest BCUT2D eigenvalue weighted by Crippen LogP contribution is -2.61. The molecule has 2 aliphatic heterocycles. The second-order valence-corrected chi connectivity index (χ2v) is 11.6. The van der Waals surface area contributed by atoms with Crippen LogP contribution in [-0.4, -0.2) is 124 Å². The van der Waals surface area contributed by atoms with Crippen LogP contribution in [0.1, 0.15) is 6.23 Å². The number of hydrogen-bond acceptors (Lipinski definition) is 20. The molecule has 2 aromatic heterocycles. The number of aromatic nitrogens is 4. The van der Waals surface area contributed by atoms with E-state index in [0.717, 1.165) is 6.33 Å². The number of ether oxygens (including phenoxy) is 2. The first-order valence-corrected chi connectivity index (χ1v) is 14.2. The Labute approximate surface area is 223 Å². The maximum absolute atomic E-state index is 12.2. The number of imidazole rings is 1. The fourth-order valence-corrected chi connectivity index (χ4v) is 6.07. The average Bonchev–Trinajstić information content (AvgIpc) is 3.43. The number of fused-ring (bicyclic) bond motifs is 1. The quantitative estimate of drug-likeness (QED) is 0.115. The fraction of sp³-hybridized carbons (Fsp3) is 0.706. The zero-order valence-corrected chi connectivity index (χ0v) is 21.7. The highest BCUT2D eigenvalue weighted by molar-refractivity contribution is 7.59. The van der Waals surface area contributed by atoms with Gasteiger partial charge in [0.15, 0.2) is 24.0 Å². The Morgan fingerprint density at radius 2 is 1.70 bits per heavy atom. The molecule has 9 N–H and O–H groups in total. The molecule has 0 aliphatic carbocycles. The highest BCUT2D eigenvalue weighted by atomic mass is 31.3. The lowest BCUT2D eigenvalue weighted by molar-refractivity contribution is -0.313. The molecule has 0 radical (unpaired) electrons. The molecule has 0 bridgehead atoms. The number of anilines is 1. The Hall–Kier alpha value is -1.75. The van der Waals surface area contributed by atoms with Crippen molar-refractivity contribution in [3.05, 3.63) is 12.7 Å². The molecular formula is C17H25N5O16P2-2. The van der Waals surface area contributed by atoms with Crippen molar-refractivity contribution in [2.24, 2.45) is 0 Å². The van der Waals surface area contributed by atoms with Crippen LogP contribution in [0.4, 0.5) is 5.82 Å². The van der Waals surface area contributed by atoms with Crippen molar-refractivity contribution < 1.29 is 77.5 Å². The van der Waals surface area contributed by atoms with Gasteiger partial charge in [0, 0.05) is 0 Å². The zero-order chi connectivity index (χ0) is 29.6. The Balaban J connectivity index is 1.38. The summed E-state index contributed by atoms with van der Waals surface area (Å²) >= 11 is 0. The molecule has 4 heterocycles. The number of hydrogen-bond donors (Lipinski definition) is 8. The van der Waals surface area contributed by atoms with Gasteiger partial charge in [0.2, 0.25) is 0 Å².